The van der Waals surface area contributed by atoms with Crippen molar-refractivity contribution >= 4 is 31.6 Å². The molecule has 0 spiro atoms. The Labute approximate surface area is 134 Å². The Balaban J connectivity index is 1.83. The van der Waals surface area contributed by atoms with Crippen LogP contribution in [0.15, 0.2) is 27.6 Å². The van der Waals surface area contributed by atoms with Crippen molar-refractivity contribution in [2.75, 3.05) is 18.8 Å². The topological polar surface area (TPSA) is 63.4 Å². The lowest BCUT2D eigenvalue weighted by Gasteiger charge is -2.40. The predicted molar refractivity (Wildman–Crippen MR) is 87.4 cm³/mol. The Morgan fingerprint density at radius 3 is 2.57 bits per heavy atom. The standard InChI is InChI=1S/C15H21BrN2O2S/c16-14-9-13(5-6-15(14)17)21(19,20)18-8-7-11-3-1-2-4-12(11)10-18/h5-6,9,11-12H,1-4,7-8,10,17H2. The van der Waals surface area contributed by atoms with E-state index in [0.29, 0.717) is 34.1 Å². The highest BCUT2D eigenvalue weighted by Gasteiger charge is 2.36. The molecule has 2 unspecified atom stereocenters. The highest BCUT2D eigenvalue weighted by molar-refractivity contribution is 9.10. The smallest absolute Gasteiger partial charge is 0.243 e. The van der Waals surface area contributed by atoms with Gasteiger partial charge in [0.25, 0.3) is 0 Å². The first-order chi connectivity index (χ1) is 9.98. The Kier molecular flexibility index (Phi) is 4.30. The highest BCUT2D eigenvalue weighted by atomic mass is 79.9. The molecule has 21 heavy (non-hydrogen) atoms. The molecule has 0 amide bonds. The minimum Gasteiger partial charge on any atom is -0.398 e. The average Bonchev–Trinajstić information content (AvgIpc) is 2.49. The van der Waals surface area contributed by atoms with Gasteiger partial charge >= 0.3 is 0 Å². The average molecular weight is 373 g/mol. The molecule has 2 fully saturated rings. The van der Waals surface area contributed by atoms with Gasteiger partial charge in [0.15, 0.2) is 0 Å². The van der Waals surface area contributed by atoms with E-state index < -0.39 is 10.0 Å². The second-order valence-corrected chi connectivity index (χ2v) is 8.93. The predicted octanol–water partition coefficient (Wildman–Crippen LogP) is 3.23. The van der Waals surface area contributed by atoms with E-state index in [1.54, 1.807) is 22.5 Å². The van der Waals surface area contributed by atoms with Gasteiger partial charge in [0.05, 0.1) is 4.90 Å². The van der Waals surface area contributed by atoms with Crippen LogP contribution in [0.5, 0.6) is 0 Å². The molecular weight excluding hydrogens is 352 g/mol. The molecule has 1 aromatic carbocycles. The molecule has 116 valence electrons. The fourth-order valence-corrected chi connectivity index (χ4v) is 5.67. The molecule has 2 aliphatic rings. The maximum Gasteiger partial charge on any atom is 0.243 e. The van der Waals surface area contributed by atoms with E-state index in [1.165, 1.54) is 25.7 Å². The van der Waals surface area contributed by atoms with Crippen molar-refractivity contribution in [3.05, 3.63) is 22.7 Å². The van der Waals surface area contributed by atoms with E-state index in [2.05, 4.69) is 15.9 Å². The molecule has 1 aliphatic heterocycles. The molecule has 1 heterocycles. The molecule has 2 atom stereocenters. The normalized spacial score (nSPS) is 27.3. The number of fused-ring (bicyclic) bond motifs is 1. The van der Waals surface area contributed by atoms with Gasteiger partial charge in [-0.15, -0.1) is 0 Å². The molecule has 0 aromatic heterocycles. The third-order valence-electron chi connectivity index (χ3n) is 4.86. The summed E-state index contributed by atoms with van der Waals surface area (Å²) in [5.74, 6) is 1.27. The zero-order valence-electron chi connectivity index (χ0n) is 12.0. The molecule has 3 rings (SSSR count). The Morgan fingerprint density at radius 2 is 1.86 bits per heavy atom. The van der Waals surface area contributed by atoms with E-state index >= 15 is 0 Å². The second-order valence-electron chi connectivity index (χ2n) is 6.14. The molecule has 6 heteroatoms. The Hall–Kier alpha value is -0.590. The molecular formula is C15H21BrN2O2S. The fourth-order valence-electron chi connectivity index (χ4n) is 3.60. The van der Waals surface area contributed by atoms with Crippen molar-refractivity contribution in [1.29, 1.82) is 0 Å². The summed E-state index contributed by atoms with van der Waals surface area (Å²) in [4.78, 5) is 0.331. The van der Waals surface area contributed by atoms with Gasteiger partial charge in [-0.2, -0.15) is 4.31 Å². The van der Waals surface area contributed by atoms with Crippen LogP contribution in [-0.2, 0) is 10.0 Å². The van der Waals surface area contributed by atoms with Crippen molar-refractivity contribution in [2.24, 2.45) is 11.8 Å². The van der Waals surface area contributed by atoms with Crippen LogP contribution in [-0.4, -0.2) is 25.8 Å². The summed E-state index contributed by atoms with van der Waals surface area (Å²) in [6.45, 7) is 1.32. The summed E-state index contributed by atoms with van der Waals surface area (Å²) in [5, 5.41) is 0. The van der Waals surface area contributed by atoms with Crippen molar-refractivity contribution in [2.45, 2.75) is 37.0 Å². The number of hydrogen-bond donors (Lipinski definition) is 1. The van der Waals surface area contributed by atoms with Gasteiger partial charge in [-0.05, 0) is 58.8 Å². The van der Waals surface area contributed by atoms with Gasteiger partial charge in [0.2, 0.25) is 10.0 Å². The molecule has 4 nitrogen and oxygen atoms in total. The summed E-state index contributed by atoms with van der Waals surface area (Å²) in [6, 6.07) is 4.85. The summed E-state index contributed by atoms with van der Waals surface area (Å²) < 4.78 is 27.9. The first-order valence-corrected chi connectivity index (χ1v) is 9.77. The van der Waals surface area contributed by atoms with Gasteiger partial charge in [-0.25, -0.2) is 8.42 Å². The number of anilines is 1. The number of halogens is 1. The quantitative estimate of drug-likeness (QED) is 0.810. The highest BCUT2D eigenvalue weighted by Crippen LogP contribution is 2.38. The van der Waals surface area contributed by atoms with E-state index in [4.69, 9.17) is 5.73 Å². The van der Waals surface area contributed by atoms with E-state index in [-0.39, 0.29) is 0 Å². The lowest BCUT2D eigenvalue weighted by atomic mass is 9.76. The van der Waals surface area contributed by atoms with Crippen LogP contribution in [0.3, 0.4) is 0 Å². The van der Waals surface area contributed by atoms with Gasteiger partial charge in [-0.1, -0.05) is 19.3 Å². The van der Waals surface area contributed by atoms with Crippen LogP contribution in [0.4, 0.5) is 5.69 Å². The number of hydrogen-bond acceptors (Lipinski definition) is 3. The van der Waals surface area contributed by atoms with Gasteiger partial charge < -0.3 is 5.73 Å². The minimum atomic E-state index is -3.40. The van der Waals surface area contributed by atoms with Gasteiger partial charge in [0.1, 0.15) is 0 Å². The molecule has 1 aliphatic carbocycles. The summed E-state index contributed by atoms with van der Waals surface area (Å²) >= 11 is 3.31. The Bertz CT molecular complexity index is 633. The zero-order chi connectivity index (χ0) is 15.0. The monoisotopic (exact) mass is 372 g/mol. The number of nitrogens with zero attached hydrogens (tertiary/aromatic N) is 1. The second kappa shape index (κ2) is 5.89. The van der Waals surface area contributed by atoms with Crippen molar-refractivity contribution < 1.29 is 8.42 Å². The minimum absolute atomic E-state index is 0.331. The Morgan fingerprint density at radius 1 is 1.14 bits per heavy atom. The third kappa shape index (κ3) is 2.98. The molecule has 1 aromatic rings. The van der Waals surface area contributed by atoms with E-state index in [1.807, 2.05) is 0 Å². The number of rotatable bonds is 2. The van der Waals surface area contributed by atoms with Crippen molar-refractivity contribution in [3.63, 3.8) is 0 Å². The van der Waals surface area contributed by atoms with Crippen LogP contribution in [0.2, 0.25) is 0 Å². The number of piperidine rings is 1. The molecule has 0 radical (unpaired) electrons. The lowest BCUT2D eigenvalue weighted by Crippen LogP contribution is -2.44. The third-order valence-corrected chi connectivity index (χ3v) is 7.41. The summed E-state index contributed by atoms with van der Waals surface area (Å²) in [6.07, 6.45) is 5.98. The number of benzene rings is 1. The number of nitrogens with two attached hydrogens (primary N) is 1. The van der Waals surface area contributed by atoms with E-state index in [9.17, 15) is 8.42 Å². The van der Waals surface area contributed by atoms with Gasteiger partial charge in [0, 0.05) is 23.2 Å². The van der Waals surface area contributed by atoms with Crippen LogP contribution in [0.25, 0.3) is 0 Å². The molecule has 1 saturated heterocycles. The largest absolute Gasteiger partial charge is 0.398 e. The maximum atomic E-state index is 12.8. The van der Waals surface area contributed by atoms with Crippen molar-refractivity contribution in [1.82, 2.24) is 4.31 Å². The SMILES string of the molecule is Nc1ccc(S(=O)(=O)N2CCC3CCCCC3C2)cc1Br. The van der Waals surface area contributed by atoms with Crippen LogP contribution >= 0.6 is 15.9 Å². The molecule has 2 N–H and O–H groups in total. The van der Waals surface area contributed by atoms with Crippen LogP contribution in [0, 0.1) is 11.8 Å². The van der Waals surface area contributed by atoms with Gasteiger partial charge in [-0.3, -0.25) is 0 Å². The van der Waals surface area contributed by atoms with Crippen molar-refractivity contribution in [3.8, 4) is 0 Å². The fraction of sp³-hybridized carbons (Fsp3) is 0.600. The van der Waals surface area contributed by atoms with Crippen LogP contribution in [0.1, 0.15) is 32.1 Å². The summed E-state index contributed by atoms with van der Waals surface area (Å²) in [5.41, 5.74) is 6.30. The lowest BCUT2D eigenvalue weighted by molar-refractivity contribution is 0.136. The number of sulfonamides is 1. The first kappa shape index (κ1) is 15.3. The summed E-state index contributed by atoms with van der Waals surface area (Å²) in [7, 11) is -3.40. The zero-order valence-corrected chi connectivity index (χ0v) is 14.4. The van der Waals surface area contributed by atoms with E-state index in [0.717, 1.165) is 12.3 Å². The number of nitrogen functional groups attached to an aromatic ring is 1. The molecule has 1 saturated carbocycles. The first-order valence-electron chi connectivity index (χ1n) is 7.53. The maximum absolute atomic E-state index is 12.8. The van der Waals surface area contributed by atoms with Crippen LogP contribution < -0.4 is 5.73 Å². The molecule has 0 bridgehead atoms.